The zero-order chi connectivity index (χ0) is 49.8. The Labute approximate surface area is 439 Å². The number of anilines is 6. The molecule has 4 heteroatoms. The van der Waals surface area contributed by atoms with E-state index in [1.165, 1.54) is 92.3 Å². The van der Waals surface area contributed by atoms with Crippen LogP contribution in [0.2, 0.25) is 0 Å². The second kappa shape index (κ2) is 16.7. The minimum absolute atomic E-state index is 1.09. The fourth-order valence-electron chi connectivity index (χ4n) is 12.9. The number of hydrogen-bond acceptors (Lipinski definition) is 2. The summed E-state index contributed by atoms with van der Waals surface area (Å²) in [5.41, 5.74) is 16.2. The molecule has 2 aromatic heterocycles. The summed E-state index contributed by atoms with van der Waals surface area (Å²) in [4.78, 5) is 4.95. The molecule has 16 aromatic rings. The van der Waals surface area contributed by atoms with Crippen molar-refractivity contribution in [1.29, 1.82) is 0 Å². The van der Waals surface area contributed by atoms with E-state index in [0.717, 1.165) is 51.1 Å². The Kier molecular flexibility index (Phi) is 9.30. The van der Waals surface area contributed by atoms with Gasteiger partial charge in [-0.05, 0) is 130 Å². The largest absolute Gasteiger partial charge is 0.310 e. The van der Waals surface area contributed by atoms with Gasteiger partial charge in [-0.3, -0.25) is 0 Å². The first-order valence-electron chi connectivity index (χ1n) is 26.2. The summed E-state index contributed by atoms with van der Waals surface area (Å²) in [7, 11) is 0. The summed E-state index contributed by atoms with van der Waals surface area (Å²) >= 11 is 0. The van der Waals surface area contributed by atoms with Crippen LogP contribution in [0, 0.1) is 0 Å². The van der Waals surface area contributed by atoms with Crippen molar-refractivity contribution in [2.45, 2.75) is 0 Å². The molecule has 0 saturated heterocycles. The molecular formula is C72H46N4. The average molecular weight is 967 g/mol. The fraction of sp³-hybridized carbons (Fsp3) is 0. The highest BCUT2D eigenvalue weighted by molar-refractivity contribution is 6.30. The van der Waals surface area contributed by atoms with E-state index < -0.39 is 0 Å². The standard InChI is InChI=1S/C72H46N4/c1-5-21-50(22-6-1)73(61-43-45-65-70-59(61)41-37-47-19-17-33-63(68(47)70)74(65)51-23-7-2-8-24-51)54-39-35-49(36-40-54)67-55-29-13-15-31-57(55)72(58-32-16-14-30-56(58)67)76(53-27-11-4-12-28-53)62-44-46-66-71-60(62)42-38-48-20-18-34-64(69(48)71)75(66)52-25-9-3-10-26-52/h1-46H. The summed E-state index contributed by atoms with van der Waals surface area (Å²) in [5, 5.41) is 14.8. The highest BCUT2D eigenvalue weighted by Crippen LogP contribution is 2.52. The lowest BCUT2D eigenvalue weighted by Crippen LogP contribution is -2.12. The minimum Gasteiger partial charge on any atom is -0.310 e. The topological polar surface area (TPSA) is 16.3 Å². The van der Waals surface area contributed by atoms with Crippen LogP contribution in [-0.2, 0) is 0 Å². The lowest BCUT2D eigenvalue weighted by Gasteiger charge is -2.30. The van der Waals surface area contributed by atoms with E-state index in [0.29, 0.717) is 0 Å². The monoisotopic (exact) mass is 966 g/mol. The molecule has 4 nitrogen and oxygen atoms in total. The molecule has 0 radical (unpaired) electrons. The Morgan fingerprint density at radius 1 is 0.237 bits per heavy atom. The molecule has 16 rings (SSSR count). The van der Waals surface area contributed by atoms with E-state index in [2.05, 4.69) is 298 Å². The van der Waals surface area contributed by atoms with Crippen LogP contribution >= 0.6 is 0 Å². The van der Waals surface area contributed by atoms with Gasteiger partial charge in [-0.15, -0.1) is 0 Å². The first-order valence-corrected chi connectivity index (χ1v) is 26.2. The molecule has 0 spiro atoms. The molecule has 0 atom stereocenters. The number of fused-ring (bicyclic) bond motifs is 2. The van der Waals surface area contributed by atoms with E-state index >= 15 is 0 Å². The predicted molar refractivity (Wildman–Crippen MR) is 322 cm³/mol. The second-order valence-corrected chi connectivity index (χ2v) is 20.0. The molecule has 0 unspecified atom stereocenters. The maximum absolute atomic E-state index is 2.52. The van der Waals surface area contributed by atoms with Gasteiger partial charge >= 0.3 is 0 Å². The number of para-hydroxylation sites is 4. The Bertz CT molecular complexity index is 4790. The first kappa shape index (κ1) is 42.4. The molecule has 0 aliphatic carbocycles. The number of rotatable bonds is 9. The van der Waals surface area contributed by atoms with Crippen LogP contribution < -0.4 is 9.80 Å². The highest BCUT2D eigenvalue weighted by atomic mass is 15.2. The Morgan fingerprint density at radius 3 is 1.12 bits per heavy atom. The Hall–Kier alpha value is -10.2. The third-order valence-electron chi connectivity index (χ3n) is 16.0. The molecule has 0 amide bonds. The van der Waals surface area contributed by atoms with Gasteiger partial charge in [-0.25, -0.2) is 0 Å². The summed E-state index contributed by atoms with van der Waals surface area (Å²) in [5.74, 6) is 0. The maximum Gasteiger partial charge on any atom is 0.0619 e. The van der Waals surface area contributed by atoms with Gasteiger partial charge in [0.2, 0.25) is 0 Å². The number of nitrogens with zero attached hydrogens (tertiary/aromatic N) is 4. The Morgan fingerprint density at radius 2 is 0.632 bits per heavy atom. The molecule has 354 valence electrons. The van der Waals surface area contributed by atoms with Gasteiger partial charge < -0.3 is 18.9 Å². The molecule has 0 saturated carbocycles. The summed E-state index contributed by atoms with van der Waals surface area (Å²) in [6, 6.07) is 102. The van der Waals surface area contributed by atoms with E-state index in [1.54, 1.807) is 0 Å². The van der Waals surface area contributed by atoms with Crippen molar-refractivity contribution in [1.82, 2.24) is 9.13 Å². The fourth-order valence-corrected chi connectivity index (χ4v) is 12.9. The van der Waals surface area contributed by atoms with Crippen LogP contribution in [-0.4, -0.2) is 9.13 Å². The maximum atomic E-state index is 2.52. The van der Waals surface area contributed by atoms with Crippen molar-refractivity contribution < 1.29 is 0 Å². The third-order valence-corrected chi connectivity index (χ3v) is 16.0. The molecule has 14 aromatic carbocycles. The SMILES string of the molecule is c1ccc(N(c2ccc(-c3c4ccccc4c(N(c4ccccc4)c4ccc5c6c4ccc4cccc(c46)n5-c4ccccc4)c4ccccc34)cc2)c2ccc3c4c2ccc2cccc(c24)n3-c2ccccc2)cc1. The molecule has 2 heterocycles. The lowest BCUT2D eigenvalue weighted by molar-refractivity contribution is 1.18. The van der Waals surface area contributed by atoms with E-state index in [9.17, 15) is 0 Å². The molecule has 0 fully saturated rings. The quantitative estimate of drug-likeness (QED) is 0.106. The average Bonchev–Trinajstić information content (AvgIpc) is 4.03. The van der Waals surface area contributed by atoms with Gasteiger partial charge in [-0.1, -0.05) is 182 Å². The molecular weight excluding hydrogens is 921 g/mol. The van der Waals surface area contributed by atoms with Gasteiger partial charge in [0.15, 0.2) is 0 Å². The summed E-state index contributed by atoms with van der Waals surface area (Å²) in [6.07, 6.45) is 0. The van der Waals surface area contributed by atoms with Crippen molar-refractivity contribution in [3.05, 3.63) is 279 Å². The molecule has 0 N–H and O–H groups in total. The number of benzene rings is 14. The lowest BCUT2D eigenvalue weighted by atomic mass is 9.89. The second-order valence-electron chi connectivity index (χ2n) is 20.0. The van der Waals surface area contributed by atoms with Crippen LogP contribution in [0.5, 0.6) is 0 Å². The van der Waals surface area contributed by atoms with Gasteiger partial charge in [0, 0.05) is 71.5 Å². The minimum atomic E-state index is 1.09. The van der Waals surface area contributed by atoms with Crippen molar-refractivity contribution in [3.63, 3.8) is 0 Å². The van der Waals surface area contributed by atoms with Crippen molar-refractivity contribution in [2.75, 3.05) is 9.80 Å². The van der Waals surface area contributed by atoms with Gasteiger partial charge in [0.05, 0.1) is 39.1 Å². The number of hydrogen-bond donors (Lipinski definition) is 0. The van der Waals surface area contributed by atoms with Crippen LogP contribution in [0.1, 0.15) is 0 Å². The van der Waals surface area contributed by atoms with Crippen LogP contribution in [0.3, 0.4) is 0 Å². The van der Waals surface area contributed by atoms with Crippen LogP contribution in [0.25, 0.3) is 109 Å². The van der Waals surface area contributed by atoms with Crippen molar-refractivity contribution >= 4 is 121 Å². The van der Waals surface area contributed by atoms with Gasteiger partial charge in [0.1, 0.15) is 0 Å². The number of aromatic nitrogens is 2. The molecule has 0 aliphatic heterocycles. The van der Waals surface area contributed by atoms with E-state index in [4.69, 9.17) is 0 Å². The Balaban J connectivity index is 0.888. The van der Waals surface area contributed by atoms with Gasteiger partial charge in [-0.2, -0.15) is 0 Å². The van der Waals surface area contributed by atoms with Crippen LogP contribution in [0.15, 0.2) is 279 Å². The summed E-state index contributed by atoms with van der Waals surface area (Å²) < 4.78 is 4.85. The van der Waals surface area contributed by atoms with E-state index in [1.807, 2.05) is 0 Å². The van der Waals surface area contributed by atoms with Crippen molar-refractivity contribution in [2.24, 2.45) is 0 Å². The van der Waals surface area contributed by atoms with E-state index in [-0.39, 0.29) is 0 Å². The predicted octanol–water partition coefficient (Wildman–Crippen LogP) is 20.0. The highest BCUT2D eigenvalue weighted by Gasteiger charge is 2.27. The molecule has 0 aliphatic rings. The zero-order valence-corrected chi connectivity index (χ0v) is 41.3. The normalized spacial score (nSPS) is 11.9. The smallest absolute Gasteiger partial charge is 0.0619 e. The van der Waals surface area contributed by atoms with Crippen molar-refractivity contribution in [3.8, 4) is 22.5 Å². The third kappa shape index (κ3) is 6.19. The summed E-state index contributed by atoms with van der Waals surface area (Å²) in [6.45, 7) is 0. The first-order chi connectivity index (χ1) is 37.8. The zero-order valence-electron chi connectivity index (χ0n) is 41.3. The van der Waals surface area contributed by atoms with Gasteiger partial charge in [0.25, 0.3) is 0 Å². The van der Waals surface area contributed by atoms with Crippen LogP contribution in [0.4, 0.5) is 34.1 Å². The molecule has 76 heavy (non-hydrogen) atoms. The molecule has 0 bridgehead atoms.